The number of pyridine rings is 1. The molecular formula is C26H22F3N6O3+. The zero-order valence-corrected chi connectivity index (χ0v) is 20.0. The van der Waals surface area contributed by atoms with Crippen LogP contribution in [0.25, 0.3) is 0 Å². The molecule has 3 amide bonds. The van der Waals surface area contributed by atoms with Crippen LogP contribution in [0.1, 0.15) is 12.5 Å². The number of rotatable bonds is 7. The number of aromatic nitrogens is 1. The molecule has 9 nitrogen and oxygen atoms in total. The number of amides is 3. The van der Waals surface area contributed by atoms with Gasteiger partial charge >= 0.3 is 12.1 Å². The van der Waals surface area contributed by atoms with Crippen LogP contribution in [0.4, 0.5) is 24.5 Å². The highest BCUT2D eigenvalue weighted by Crippen LogP contribution is 2.34. The summed E-state index contributed by atoms with van der Waals surface area (Å²) in [5, 5.41) is 11.4. The number of carbonyl (C=O) groups is 3. The Labute approximate surface area is 215 Å². The molecule has 0 spiro atoms. The first-order valence-corrected chi connectivity index (χ1v) is 11.4. The van der Waals surface area contributed by atoms with Crippen molar-refractivity contribution >= 4 is 40.5 Å². The van der Waals surface area contributed by atoms with Gasteiger partial charge in [0, 0.05) is 12.1 Å². The Kier molecular flexibility index (Phi) is 7.61. The smallest absolute Gasteiger partial charge is 0.320 e. The second-order valence-electron chi connectivity index (χ2n) is 8.24. The second-order valence-corrected chi connectivity index (χ2v) is 8.24. The first-order chi connectivity index (χ1) is 18.1. The predicted molar refractivity (Wildman–Crippen MR) is 133 cm³/mol. The fourth-order valence-electron chi connectivity index (χ4n) is 3.77. The van der Waals surface area contributed by atoms with Crippen LogP contribution in [0.3, 0.4) is 0 Å². The van der Waals surface area contributed by atoms with Crippen LogP contribution in [0.2, 0.25) is 0 Å². The van der Waals surface area contributed by atoms with Crippen molar-refractivity contribution in [1.82, 2.24) is 5.43 Å². The molecule has 0 fully saturated rings. The van der Waals surface area contributed by atoms with Crippen LogP contribution in [0, 0.1) is 5.92 Å². The van der Waals surface area contributed by atoms with Crippen LogP contribution in [-0.2, 0) is 27.1 Å². The number of halogens is 3. The lowest BCUT2D eigenvalue weighted by Gasteiger charge is -2.17. The Morgan fingerprint density at radius 2 is 1.63 bits per heavy atom. The summed E-state index contributed by atoms with van der Waals surface area (Å²) < 4.78 is 42.1. The topological polar surface area (TPSA) is 107 Å². The lowest BCUT2D eigenvalue weighted by atomic mass is 9.97. The van der Waals surface area contributed by atoms with Gasteiger partial charge in [-0.2, -0.15) is 33.0 Å². The van der Waals surface area contributed by atoms with Crippen LogP contribution < -0.4 is 20.3 Å². The molecular weight excluding hydrogens is 501 g/mol. The SMILES string of the molecule is CC1=NN(c2ccccc2)C(=O)[C@@H]1/C(=N/NC(=O)C[n+]1ccccc1)C(=O)Nc1ccccc1C(F)(F)F. The minimum absolute atomic E-state index is 0.155. The zero-order valence-electron chi connectivity index (χ0n) is 20.0. The first kappa shape index (κ1) is 26.2. The maximum Gasteiger partial charge on any atom is 0.418 e. The van der Waals surface area contributed by atoms with Crippen molar-refractivity contribution in [3.63, 3.8) is 0 Å². The predicted octanol–water partition coefficient (Wildman–Crippen LogP) is 3.14. The number of nitrogens with one attached hydrogen (secondary N) is 2. The van der Waals surface area contributed by atoms with Crippen molar-refractivity contribution in [3.8, 4) is 0 Å². The summed E-state index contributed by atoms with van der Waals surface area (Å²) in [7, 11) is 0. The van der Waals surface area contributed by atoms with E-state index in [4.69, 9.17) is 0 Å². The van der Waals surface area contributed by atoms with Crippen molar-refractivity contribution in [3.05, 3.63) is 90.8 Å². The van der Waals surface area contributed by atoms with Gasteiger partial charge in [0.25, 0.3) is 11.8 Å². The third-order valence-electron chi connectivity index (χ3n) is 5.52. The minimum atomic E-state index is -4.74. The highest BCUT2D eigenvalue weighted by Gasteiger charge is 2.42. The van der Waals surface area contributed by atoms with Crippen LogP contribution in [0.5, 0.6) is 0 Å². The summed E-state index contributed by atoms with van der Waals surface area (Å²) in [6, 6.07) is 18.0. The third kappa shape index (κ3) is 5.91. The molecule has 2 heterocycles. The number of para-hydroxylation sites is 2. The Morgan fingerprint density at radius 1 is 1.00 bits per heavy atom. The van der Waals surface area contributed by atoms with Gasteiger partial charge in [-0.25, -0.2) is 5.43 Å². The molecule has 3 aromatic rings. The van der Waals surface area contributed by atoms with Gasteiger partial charge < -0.3 is 5.32 Å². The largest absolute Gasteiger partial charge is 0.418 e. The van der Waals surface area contributed by atoms with Gasteiger partial charge in [0.2, 0.25) is 6.54 Å². The van der Waals surface area contributed by atoms with E-state index in [1.165, 1.54) is 19.1 Å². The normalized spacial score (nSPS) is 15.7. The molecule has 2 aromatic carbocycles. The van der Waals surface area contributed by atoms with Gasteiger partial charge in [-0.05, 0) is 31.2 Å². The minimum Gasteiger partial charge on any atom is -0.320 e. The summed E-state index contributed by atoms with van der Waals surface area (Å²) in [6.45, 7) is 1.33. The van der Waals surface area contributed by atoms with E-state index < -0.39 is 46.8 Å². The van der Waals surface area contributed by atoms with Crippen molar-refractivity contribution in [2.45, 2.75) is 19.6 Å². The molecule has 194 valence electrons. The maximum atomic E-state index is 13.5. The average Bonchev–Trinajstić information content (AvgIpc) is 3.19. The molecule has 1 aliphatic rings. The molecule has 1 aromatic heterocycles. The van der Waals surface area contributed by atoms with Crippen molar-refractivity contribution < 1.29 is 32.1 Å². The Hall–Kier alpha value is -4.87. The van der Waals surface area contributed by atoms with Crippen molar-refractivity contribution in [2.24, 2.45) is 16.1 Å². The molecule has 38 heavy (non-hydrogen) atoms. The Bertz CT molecular complexity index is 1410. The third-order valence-corrected chi connectivity index (χ3v) is 5.52. The van der Waals surface area contributed by atoms with E-state index in [0.717, 1.165) is 17.1 Å². The van der Waals surface area contributed by atoms with Gasteiger partial charge in [-0.3, -0.25) is 14.4 Å². The summed E-state index contributed by atoms with van der Waals surface area (Å²) >= 11 is 0. The van der Waals surface area contributed by atoms with E-state index in [9.17, 15) is 27.6 Å². The number of hydrazone groups is 2. The van der Waals surface area contributed by atoms with Gasteiger partial charge in [-0.1, -0.05) is 36.4 Å². The molecule has 1 aliphatic heterocycles. The summed E-state index contributed by atoms with van der Waals surface area (Å²) in [5.41, 5.74) is 0.710. The molecule has 0 saturated heterocycles. The lowest BCUT2D eigenvalue weighted by Crippen LogP contribution is -2.43. The molecule has 2 N–H and O–H groups in total. The quantitative estimate of drug-likeness (QED) is 0.282. The average molecular weight is 523 g/mol. The Balaban J connectivity index is 1.65. The maximum absolute atomic E-state index is 13.5. The van der Waals surface area contributed by atoms with E-state index in [-0.39, 0.29) is 12.3 Å². The highest BCUT2D eigenvalue weighted by atomic mass is 19.4. The number of hydrogen-bond acceptors (Lipinski definition) is 5. The van der Waals surface area contributed by atoms with E-state index in [1.54, 1.807) is 65.5 Å². The second kappa shape index (κ2) is 11.0. The van der Waals surface area contributed by atoms with Gasteiger partial charge in [0.1, 0.15) is 11.6 Å². The van der Waals surface area contributed by atoms with E-state index in [2.05, 4.69) is 20.9 Å². The molecule has 4 rings (SSSR count). The first-order valence-electron chi connectivity index (χ1n) is 11.4. The van der Waals surface area contributed by atoms with Crippen molar-refractivity contribution in [2.75, 3.05) is 10.3 Å². The van der Waals surface area contributed by atoms with Crippen LogP contribution in [0.15, 0.2) is 95.4 Å². The number of benzene rings is 2. The summed E-state index contributed by atoms with van der Waals surface area (Å²) in [6.07, 6.45) is -1.47. The Morgan fingerprint density at radius 3 is 2.32 bits per heavy atom. The molecule has 0 unspecified atom stereocenters. The van der Waals surface area contributed by atoms with Crippen LogP contribution in [-0.4, -0.2) is 29.1 Å². The molecule has 0 bridgehead atoms. The summed E-state index contributed by atoms with van der Waals surface area (Å²) in [4.78, 5) is 39.1. The van der Waals surface area contributed by atoms with Gasteiger partial charge in [0.05, 0.1) is 22.6 Å². The fraction of sp³-hybridized carbons (Fsp3) is 0.154. The monoisotopic (exact) mass is 523 g/mol. The molecule has 1 atom stereocenters. The molecule has 12 heteroatoms. The van der Waals surface area contributed by atoms with E-state index in [0.29, 0.717) is 5.69 Å². The van der Waals surface area contributed by atoms with E-state index in [1.807, 2.05) is 0 Å². The number of nitrogens with zero attached hydrogens (tertiary/aromatic N) is 4. The lowest BCUT2D eigenvalue weighted by molar-refractivity contribution is -0.684. The van der Waals surface area contributed by atoms with Crippen LogP contribution >= 0.6 is 0 Å². The molecule has 0 aliphatic carbocycles. The number of carbonyl (C=O) groups excluding carboxylic acids is 3. The van der Waals surface area contributed by atoms with Crippen molar-refractivity contribution in [1.29, 1.82) is 0 Å². The van der Waals surface area contributed by atoms with Gasteiger partial charge in [-0.15, -0.1) is 0 Å². The zero-order chi connectivity index (χ0) is 27.3. The number of anilines is 2. The molecule has 0 saturated carbocycles. The molecule has 0 radical (unpaired) electrons. The van der Waals surface area contributed by atoms with E-state index >= 15 is 0 Å². The summed E-state index contributed by atoms with van der Waals surface area (Å²) in [5.74, 6) is -3.73. The number of hydrogen-bond donors (Lipinski definition) is 2. The number of alkyl halides is 3. The fourth-order valence-corrected chi connectivity index (χ4v) is 3.77. The van der Waals surface area contributed by atoms with Gasteiger partial charge in [0.15, 0.2) is 12.4 Å². The standard InChI is InChI=1S/C26H21F3N6O3/c1-17-22(25(38)35(33-17)18-10-4-2-5-11-18)23(32-31-21(36)16-34-14-8-3-9-15-34)24(37)30-20-13-7-6-12-19(20)26(27,28)29/h2-15,22H,16H2,1H3,(H-,30,31,36,37)/p+1/t22-/m0/s1. The highest BCUT2D eigenvalue weighted by molar-refractivity contribution is 6.52.